The van der Waals surface area contributed by atoms with E-state index >= 15 is 0 Å². The number of hydrogen-bond acceptors (Lipinski definition) is 3. The normalized spacial score (nSPS) is 11.8. The highest BCUT2D eigenvalue weighted by molar-refractivity contribution is 5.81. The van der Waals surface area contributed by atoms with Crippen LogP contribution in [0, 0.1) is 5.82 Å². The molecule has 0 aliphatic carbocycles. The average molecular weight is 330 g/mol. The lowest BCUT2D eigenvalue weighted by atomic mass is 10.1. The molecule has 2 aromatic carbocycles. The second-order valence-corrected chi connectivity index (χ2v) is 5.68. The summed E-state index contributed by atoms with van der Waals surface area (Å²) in [6, 6.07) is 13.3. The van der Waals surface area contributed by atoms with E-state index in [4.69, 9.17) is 10.5 Å². The molecular weight excluding hydrogens is 307 g/mol. The maximum absolute atomic E-state index is 13.1. The highest BCUT2D eigenvalue weighted by Crippen LogP contribution is 2.14. The molecule has 24 heavy (non-hydrogen) atoms. The Balaban J connectivity index is 1.81. The van der Waals surface area contributed by atoms with Crippen molar-refractivity contribution in [3.05, 3.63) is 65.5 Å². The highest BCUT2D eigenvalue weighted by atomic mass is 19.1. The maximum Gasteiger partial charge on any atom is 0.237 e. The van der Waals surface area contributed by atoms with Crippen LogP contribution >= 0.6 is 0 Å². The fourth-order valence-corrected chi connectivity index (χ4v) is 2.26. The lowest BCUT2D eigenvalue weighted by Crippen LogP contribution is -2.40. The molecule has 0 aliphatic rings. The van der Waals surface area contributed by atoms with E-state index in [2.05, 4.69) is 5.32 Å². The van der Waals surface area contributed by atoms with Crippen LogP contribution < -0.4 is 15.8 Å². The fourth-order valence-electron chi connectivity index (χ4n) is 2.26. The first-order chi connectivity index (χ1) is 11.6. The molecular formula is C19H23FN2O2. The number of hydrogen-bond donors (Lipinski definition) is 2. The van der Waals surface area contributed by atoms with Crippen molar-refractivity contribution in [1.29, 1.82) is 0 Å². The monoisotopic (exact) mass is 330 g/mol. The Hall–Kier alpha value is -2.40. The maximum atomic E-state index is 13.1. The molecule has 0 bridgehead atoms. The number of halogens is 1. The zero-order chi connectivity index (χ0) is 17.4. The van der Waals surface area contributed by atoms with Crippen molar-refractivity contribution >= 4 is 5.91 Å². The molecule has 1 unspecified atom stereocenters. The first kappa shape index (κ1) is 17.9. The van der Waals surface area contributed by atoms with Crippen molar-refractivity contribution in [2.45, 2.75) is 39.0 Å². The summed E-state index contributed by atoms with van der Waals surface area (Å²) in [5.41, 5.74) is 7.50. The van der Waals surface area contributed by atoms with Crippen LogP contribution in [0.15, 0.2) is 48.5 Å². The van der Waals surface area contributed by atoms with E-state index in [1.54, 1.807) is 6.07 Å². The van der Waals surface area contributed by atoms with Crippen LogP contribution in [0.4, 0.5) is 4.39 Å². The predicted octanol–water partition coefficient (Wildman–Crippen LogP) is 3.15. The molecule has 0 aliphatic heterocycles. The minimum absolute atomic E-state index is 0.136. The van der Waals surface area contributed by atoms with Crippen LogP contribution in [-0.4, -0.2) is 11.9 Å². The first-order valence-corrected chi connectivity index (χ1v) is 8.08. The number of nitrogens with one attached hydrogen (secondary N) is 1. The zero-order valence-electron chi connectivity index (χ0n) is 13.8. The van der Waals surface area contributed by atoms with Gasteiger partial charge in [0.15, 0.2) is 0 Å². The molecule has 1 amide bonds. The predicted molar refractivity (Wildman–Crippen MR) is 91.9 cm³/mol. The average Bonchev–Trinajstić information content (AvgIpc) is 2.59. The Morgan fingerprint density at radius 2 is 1.96 bits per heavy atom. The molecule has 0 saturated carbocycles. The zero-order valence-corrected chi connectivity index (χ0v) is 13.8. The molecule has 0 aromatic heterocycles. The molecule has 0 saturated heterocycles. The molecule has 0 radical (unpaired) electrons. The number of carbonyl (C=O) groups excluding carboxylic acids is 1. The summed E-state index contributed by atoms with van der Waals surface area (Å²) >= 11 is 0. The van der Waals surface area contributed by atoms with E-state index in [-0.39, 0.29) is 11.7 Å². The lowest BCUT2D eigenvalue weighted by molar-refractivity contribution is -0.122. The van der Waals surface area contributed by atoms with E-state index in [0.29, 0.717) is 25.3 Å². The first-order valence-electron chi connectivity index (χ1n) is 8.08. The number of benzene rings is 2. The van der Waals surface area contributed by atoms with Gasteiger partial charge in [-0.05, 0) is 41.8 Å². The molecule has 5 heteroatoms. The third-order valence-corrected chi connectivity index (χ3v) is 3.62. The van der Waals surface area contributed by atoms with E-state index in [0.717, 1.165) is 17.5 Å². The van der Waals surface area contributed by atoms with Crippen LogP contribution in [-0.2, 0) is 17.9 Å². The van der Waals surface area contributed by atoms with E-state index in [1.807, 2.05) is 37.3 Å². The van der Waals surface area contributed by atoms with Gasteiger partial charge in [-0.1, -0.05) is 37.6 Å². The Morgan fingerprint density at radius 3 is 2.62 bits per heavy atom. The summed E-state index contributed by atoms with van der Waals surface area (Å²) in [6.07, 6.45) is 1.56. The van der Waals surface area contributed by atoms with Gasteiger partial charge >= 0.3 is 0 Å². The van der Waals surface area contributed by atoms with Gasteiger partial charge in [-0.2, -0.15) is 0 Å². The van der Waals surface area contributed by atoms with Crippen molar-refractivity contribution in [2.24, 2.45) is 5.73 Å². The van der Waals surface area contributed by atoms with Crippen molar-refractivity contribution in [3.8, 4) is 5.75 Å². The second kappa shape index (κ2) is 9.03. The van der Waals surface area contributed by atoms with E-state index < -0.39 is 6.04 Å². The van der Waals surface area contributed by atoms with Gasteiger partial charge in [-0.25, -0.2) is 4.39 Å². The van der Waals surface area contributed by atoms with Crippen molar-refractivity contribution < 1.29 is 13.9 Å². The lowest BCUT2D eigenvalue weighted by Gasteiger charge is -2.11. The molecule has 3 N–H and O–H groups in total. The third kappa shape index (κ3) is 5.66. The molecule has 4 nitrogen and oxygen atoms in total. The molecule has 0 heterocycles. The summed E-state index contributed by atoms with van der Waals surface area (Å²) in [6.45, 7) is 2.73. The smallest absolute Gasteiger partial charge is 0.237 e. The van der Waals surface area contributed by atoms with Gasteiger partial charge in [0.1, 0.15) is 18.2 Å². The van der Waals surface area contributed by atoms with Crippen molar-refractivity contribution in [2.75, 3.05) is 0 Å². The van der Waals surface area contributed by atoms with Gasteiger partial charge in [-0.15, -0.1) is 0 Å². The number of amides is 1. The molecule has 128 valence electrons. The van der Waals surface area contributed by atoms with Gasteiger partial charge in [-0.3, -0.25) is 4.79 Å². The number of nitrogens with two attached hydrogens (primary N) is 1. The Bertz CT molecular complexity index is 659. The quantitative estimate of drug-likeness (QED) is 0.781. The van der Waals surface area contributed by atoms with Gasteiger partial charge in [0.05, 0.1) is 6.04 Å². The Labute approximate surface area is 141 Å². The van der Waals surface area contributed by atoms with E-state index in [9.17, 15) is 9.18 Å². The largest absolute Gasteiger partial charge is 0.489 e. The van der Waals surface area contributed by atoms with Gasteiger partial charge in [0.2, 0.25) is 5.91 Å². The van der Waals surface area contributed by atoms with Crippen LogP contribution in [0.5, 0.6) is 5.75 Å². The Morgan fingerprint density at radius 1 is 1.21 bits per heavy atom. The Kier molecular flexibility index (Phi) is 6.75. The summed E-state index contributed by atoms with van der Waals surface area (Å²) < 4.78 is 18.7. The molecule has 2 aromatic rings. The summed E-state index contributed by atoms with van der Waals surface area (Å²) in [4.78, 5) is 11.8. The van der Waals surface area contributed by atoms with Crippen molar-refractivity contribution in [3.63, 3.8) is 0 Å². The van der Waals surface area contributed by atoms with E-state index in [1.165, 1.54) is 12.1 Å². The SMILES string of the molecule is CCCC(N)C(=O)NCc1ccc(OCc2cccc(F)c2)cc1. The summed E-state index contributed by atoms with van der Waals surface area (Å²) in [5, 5.41) is 2.82. The minimum atomic E-state index is -0.455. The minimum Gasteiger partial charge on any atom is -0.489 e. The van der Waals surface area contributed by atoms with Crippen LogP contribution in [0.25, 0.3) is 0 Å². The topological polar surface area (TPSA) is 64.4 Å². The number of carbonyl (C=O) groups is 1. The van der Waals surface area contributed by atoms with Gasteiger partial charge in [0, 0.05) is 6.54 Å². The van der Waals surface area contributed by atoms with Crippen LogP contribution in [0.2, 0.25) is 0 Å². The number of ether oxygens (including phenoxy) is 1. The van der Waals surface area contributed by atoms with Crippen LogP contribution in [0.3, 0.4) is 0 Å². The van der Waals surface area contributed by atoms with Crippen molar-refractivity contribution in [1.82, 2.24) is 5.32 Å². The highest BCUT2D eigenvalue weighted by Gasteiger charge is 2.11. The summed E-state index contributed by atoms with van der Waals surface area (Å²) in [7, 11) is 0. The van der Waals surface area contributed by atoms with Gasteiger partial charge < -0.3 is 15.8 Å². The fraction of sp³-hybridized carbons (Fsp3) is 0.316. The number of rotatable bonds is 8. The molecule has 2 rings (SSSR count). The third-order valence-electron chi connectivity index (χ3n) is 3.62. The molecule has 1 atom stereocenters. The molecule has 0 fully saturated rings. The van der Waals surface area contributed by atoms with Crippen LogP contribution in [0.1, 0.15) is 30.9 Å². The standard InChI is InChI=1S/C19H23FN2O2/c1-2-4-18(21)19(23)22-12-14-7-9-17(10-8-14)24-13-15-5-3-6-16(20)11-15/h3,5-11,18H,2,4,12-13,21H2,1H3,(H,22,23). The molecule has 0 spiro atoms. The van der Waals surface area contributed by atoms with Gasteiger partial charge in [0.25, 0.3) is 0 Å². The second-order valence-electron chi connectivity index (χ2n) is 5.68. The summed E-state index contributed by atoms with van der Waals surface area (Å²) in [5.74, 6) is 0.281.